The van der Waals surface area contributed by atoms with Crippen LogP contribution in [0.3, 0.4) is 0 Å². The van der Waals surface area contributed by atoms with Crippen molar-refractivity contribution in [2.75, 3.05) is 12.0 Å². The molecule has 0 amide bonds. The molecule has 1 rings (SSSR count). The van der Waals surface area contributed by atoms with Crippen LogP contribution >= 0.6 is 0 Å². The van der Waals surface area contributed by atoms with Crippen LogP contribution in [0.5, 0.6) is 0 Å². The first-order chi connectivity index (χ1) is 6.46. The Morgan fingerprint density at radius 2 is 1.93 bits per heavy atom. The average Bonchev–Trinajstić information content (AvgIpc) is 2.07. The van der Waals surface area contributed by atoms with Crippen molar-refractivity contribution in [2.45, 2.75) is 5.25 Å². The third-order valence-corrected chi connectivity index (χ3v) is 3.17. The van der Waals surface area contributed by atoms with Gasteiger partial charge in [-0.05, 0) is 6.07 Å². The van der Waals surface area contributed by atoms with Gasteiger partial charge in [-0.25, -0.2) is 8.42 Å². The summed E-state index contributed by atoms with van der Waals surface area (Å²) in [7, 11) is -3.44. The lowest BCUT2D eigenvalue weighted by molar-refractivity contribution is -0.107. The van der Waals surface area contributed by atoms with Gasteiger partial charge in [0.2, 0.25) is 0 Å². The minimum atomic E-state index is -3.44. The number of carbonyl (C=O) groups is 1. The highest BCUT2D eigenvalue weighted by molar-refractivity contribution is 7.91. The SMILES string of the molecule is CS(=O)(=O)C(C=O)c1ccccc1N. The second-order valence-electron chi connectivity index (χ2n) is 3.02. The Morgan fingerprint density at radius 3 is 2.36 bits per heavy atom. The fraction of sp³-hybridized carbons (Fsp3) is 0.222. The molecule has 0 radical (unpaired) electrons. The standard InChI is InChI=1S/C9H11NO3S/c1-14(12,13)9(6-11)7-4-2-3-5-8(7)10/h2-6,9H,10H2,1H3. The zero-order valence-corrected chi connectivity index (χ0v) is 8.49. The van der Waals surface area contributed by atoms with Crippen LogP contribution in [0, 0.1) is 0 Å². The number of anilines is 1. The van der Waals surface area contributed by atoms with Gasteiger partial charge >= 0.3 is 0 Å². The number of benzene rings is 1. The van der Waals surface area contributed by atoms with Gasteiger partial charge in [-0.2, -0.15) is 0 Å². The van der Waals surface area contributed by atoms with Crippen molar-refractivity contribution in [3.63, 3.8) is 0 Å². The van der Waals surface area contributed by atoms with Gasteiger partial charge in [0.1, 0.15) is 11.5 Å². The first-order valence-electron chi connectivity index (χ1n) is 3.95. The number of carbonyl (C=O) groups excluding carboxylic acids is 1. The normalized spacial score (nSPS) is 13.5. The van der Waals surface area contributed by atoms with E-state index < -0.39 is 15.1 Å². The second kappa shape index (κ2) is 3.79. The van der Waals surface area contributed by atoms with Crippen molar-refractivity contribution < 1.29 is 13.2 Å². The van der Waals surface area contributed by atoms with E-state index in [1.807, 2.05) is 0 Å². The first kappa shape index (κ1) is 10.7. The highest BCUT2D eigenvalue weighted by atomic mass is 32.2. The van der Waals surface area contributed by atoms with E-state index in [0.29, 0.717) is 17.5 Å². The van der Waals surface area contributed by atoms with Crippen molar-refractivity contribution in [3.8, 4) is 0 Å². The molecular formula is C9H11NO3S. The Morgan fingerprint density at radius 1 is 1.36 bits per heavy atom. The summed E-state index contributed by atoms with van der Waals surface area (Å²) < 4.78 is 22.5. The average molecular weight is 213 g/mol. The lowest BCUT2D eigenvalue weighted by Crippen LogP contribution is -2.14. The highest BCUT2D eigenvalue weighted by Gasteiger charge is 2.23. The third kappa shape index (κ3) is 2.11. The Kier molecular flexibility index (Phi) is 2.90. The lowest BCUT2D eigenvalue weighted by atomic mass is 10.1. The number of aldehydes is 1. The van der Waals surface area contributed by atoms with Crippen molar-refractivity contribution in [3.05, 3.63) is 29.8 Å². The molecule has 0 fully saturated rings. The van der Waals surface area contributed by atoms with E-state index >= 15 is 0 Å². The molecule has 2 N–H and O–H groups in total. The van der Waals surface area contributed by atoms with E-state index in [1.54, 1.807) is 18.2 Å². The van der Waals surface area contributed by atoms with Gasteiger partial charge in [0.15, 0.2) is 9.84 Å². The number of rotatable bonds is 3. The maximum Gasteiger partial charge on any atom is 0.161 e. The van der Waals surface area contributed by atoms with Gasteiger partial charge in [-0.3, -0.25) is 0 Å². The molecule has 0 spiro atoms. The zero-order chi connectivity index (χ0) is 10.8. The molecule has 1 unspecified atom stereocenters. The Hall–Kier alpha value is -1.36. The molecule has 1 atom stereocenters. The molecule has 0 bridgehead atoms. The Bertz CT molecular complexity index is 439. The molecule has 76 valence electrons. The van der Waals surface area contributed by atoms with Crippen LogP contribution in [0.25, 0.3) is 0 Å². The summed E-state index contributed by atoms with van der Waals surface area (Å²) in [5.74, 6) is 0. The molecule has 1 aromatic rings. The van der Waals surface area contributed by atoms with Gasteiger partial charge in [0, 0.05) is 17.5 Å². The Labute approximate surface area is 82.7 Å². The van der Waals surface area contributed by atoms with Crippen LogP contribution in [0.2, 0.25) is 0 Å². The van der Waals surface area contributed by atoms with Crippen molar-refractivity contribution in [1.29, 1.82) is 0 Å². The Balaban J connectivity index is 3.28. The van der Waals surface area contributed by atoms with Crippen molar-refractivity contribution in [2.24, 2.45) is 0 Å². The van der Waals surface area contributed by atoms with Crippen molar-refractivity contribution in [1.82, 2.24) is 0 Å². The predicted octanol–water partition coefficient (Wildman–Crippen LogP) is 0.553. The molecule has 0 aliphatic rings. The molecule has 0 aromatic heterocycles. The molecule has 0 saturated carbocycles. The monoisotopic (exact) mass is 213 g/mol. The molecule has 1 aromatic carbocycles. The smallest absolute Gasteiger partial charge is 0.161 e. The van der Waals surface area contributed by atoms with Gasteiger partial charge < -0.3 is 10.5 Å². The topological polar surface area (TPSA) is 77.2 Å². The van der Waals surface area contributed by atoms with E-state index in [1.165, 1.54) is 6.07 Å². The summed E-state index contributed by atoms with van der Waals surface area (Å²) in [6, 6.07) is 6.43. The van der Waals surface area contributed by atoms with Crippen LogP contribution in [0.15, 0.2) is 24.3 Å². The van der Waals surface area contributed by atoms with Crippen LogP contribution in [-0.2, 0) is 14.6 Å². The molecule has 0 aliphatic carbocycles. The summed E-state index contributed by atoms with van der Waals surface area (Å²) in [4.78, 5) is 10.7. The van der Waals surface area contributed by atoms with Crippen LogP contribution in [0.1, 0.15) is 10.8 Å². The molecule has 0 saturated heterocycles. The minimum absolute atomic E-state index is 0.315. The van der Waals surface area contributed by atoms with Crippen molar-refractivity contribution >= 4 is 21.8 Å². The lowest BCUT2D eigenvalue weighted by Gasteiger charge is -2.10. The molecular weight excluding hydrogens is 202 g/mol. The van der Waals surface area contributed by atoms with E-state index in [2.05, 4.69) is 0 Å². The second-order valence-corrected chi connectivity index (χ2v) is 5.18. The quantitative estimate of drug-likeness (QED) is 0.587. The number of sulfone groups is 1. The fourth-order valence-electron chi connectivity index (χ4n) is 1.17. The highest BCUT2D eigenvalue weighted by Crippen LogP contribution is 2.24. The molecule has 4 nitrogen and oxygen atoms in total. The number of hydrogen-bond donors (Lipinski definition) is 1. The fourth-order valence-corrected chi connectivity index (χ4v) is 2.05. The maximum atomic E-state index is 11.2. The van der Waals surface area contributed by atoms with Gasteiger partial charge in [-0.15, -0.1) is 0 Å². The van der Waals surface area contributed by atoms with E-state index in [9.17, 15) is 13.2 Å². The number of para-hydroxylation sites is 1. The predicted molar refractivity (Wildman–Crippen MR) is 54.5 cm³/mol. The summed E-state index contributed by atoms with van der Waals surface area (Å²) in [6.07, 6.45) is 1.40. The molecule has 14 heavy (non-hydrogen) atoms. The van der Waals surface area contributed by atoms with Gasteiger partial charge in [-0.1, -0.05) is 18.2 Å². The van der Waals surface area contributed by atoms with E-state index in [4.69, 9.17) is 5.73 Å². The summed E-state index contributed by atoms with van der Waals surface area (Å²) in [5.41, 5.74) is 6.22. The molecule has 5 heteroatoms. The first-order valence-corrected chi connectivity index (χ1v) is 5.91. The largest absolute Gasteiger partial charge is 0.398 e. The summed E-state index contributed by atoms with van der Waals surface area (Å²) in [5, 5.41) is -1.16. The van der Waals surface area contributed by atoms with Crippen LogP contribution in [0.4, 0.5) is 5.69 Å². The van der Waals surface area contributed by atoms with Crippen LogP contribution < -0.4 is 5.73 Å². The van der Waals surface area contributed by atoms with E-state index in [-0.39, 0.29) is 0 Å². The number of nitrogens with two attached hydrogens (primary N) is 1. The number of nitrogen functional groups attached to an aromatic ring is 1. The maximum absolute atomic E-state index is 11.2. The number of hydrogen-bond acceptors (Lipinski definition) is 4. The summed E-state index contributed by atoms with van der Waals surface area (Å²) >= 11 is 0. The van der Waals surface area contributed by atoms with Gasteiger partial charge in [0.25, 0.3) is 0 Å². The summed E-state index contributed by atoms with van der Waals surface area (Å²) in [6.45, 7) is 0. The minimum Gasteiger partial charge on any atom is -0.398 e. The van der Waals surface area contributed by atoms with Crippen LogP contribution in [-0.4, -0.2) is 21.0 Å². The molecule has 0 heterocycles. The molecule has 0 aliphatic heterocycles. The zero-order valence-electron chi connectivity index (χ0n) is 7.67. The van der Waals surface area contributed by atoms with E-state index in [0.717, 1.165) is 6.26 Å². The third-order valence-electron chi connectivity index (χ3n) is 1.89. The van der Waals surface area contributed by atoms with Gasteiger partial charge in [0.05, 0.1) is 0 Å².